The fourth-order valence-electron chi connectivity index (χ4n) is 5.29. The predicted molar refractivity (Wildman–Crippen MR) is 150 cm³/mol. The lowest BCUT2D eigenvalue weighted by Gasteiger charge is -2.21. The number of pyridine rings is 1. The fraction of sp³-hybridized carbons (Fsp3) is 0.310. The monoisotopic (exact) mass is 570 g/mol. The highest BCUT2D eigenvalue weighted by atomic mass is 35.5. The van der Waals surface area contributed by atoms with Gasteiger partial charge < -0.3 is 19.4 Å². The Labute approximate surface area is 234 Å². The zero-order valence-electron chi connectivity index (χ0n) is 22.5. The standard InChI is InChI=1S/C29H27BClF3N2O4/c1-13(2)27-15(4)26(37)20-9-14(3)8-19(28(20)40-27)16(5)35-22-6-7-23(31)36-25(22)17-10-18-12-39-30(38)24(18)21(11-17)29(32,33)34/h6-11,13,16,35,38H,12H2,1-5H3. The van der Waals surface area contributed by atoms with Gasteiger partial charge in [-0.15, -0.1) is 0 Å². The highest BCUT2D eigenvalue weighted by Gasteiger charge is 2.42. The van der Waals surface area contributed by atoms with Gasteiger partial charge in [-0.1, -0.05) is 31.5 Å². The van der Waals surface area contributed by atoms with E-state index < -0.39 is 24.9 Å². The van der Waals surface area contributed by atoms with Crippen molar-refractivity contribution >= 4 is 40.8 Å². The van der Waals surface area contributed by atoms with Crippen LogP contribution >= 0.6 is 11.6 Å². The molecule has 1 atom stereocenters. The lowest BCUT2D eigenvalue weighted by atomic mass is 9.75. The second kappa shape index (κ2) is 10.2. The van der Waals surface area contributed by atoms with E-state index >= 15 is 0 Å². The molecule has 6 nitrogen and oxygen atoms in total. The summed E-state index contributed by atoms with van der Waals surface area (Å²) in [5, 5.41) is 13.9. The van der Waals surface area contributed by atoms with Crippen molar-refractivity contribution in [3.05, 3.63) is 85.4 Å². The van der Waals surface area contributed by atoms with E-state index in [9.17, 15) is 23.0 Å². The fourth-order valence-corrected chi connectivity index (χ4v) is 5.43. The van der Waals surface area contributed by atoms with E-state index in [1.165, 1.54) is 6.07 Å². The van der Waals surface area contributed by atoms with Crippen LogP contribution in [0.15, 0.2) is 45.6 Å². The first-order valence-electron chi connectivity index (χ1n) is 12.8. The number of rotatable bonds is 5. The number of aryl methyl sites for hydroxylation is 1. The topological polar surface area (TPSA) is 84.6 Å². The van der Waals surface area contributed by atoms with Crippen molar-refractivity contribution in [3.63, 3.8) is 0 Å². The first kappa shape index (κ1) is 28.2. The van der Waals surface area contributed by atoms with Crippen molar-refractivity contribution in [1.29, 1.82) is 0 Å². The van der Waals surface area contributed by atoms with Gasteiger partial charge in [-0.3, -0.25) is 4.79 Å². The zero-order valence-corrected chi connectivity index (χ0v) is 23.3. The van der Waals surface area contributed by atoms with E-state index in [0.29, 0.717) is 28.0 Å². The predicted octanol–water partition coefficient (Wildman–Crippen LogP) is 6.66. The molecule has 0 spiro atoms. The summed E-state index contributed by atoms with van der Waals surface area (Å²) in [6.45, 7) is 9.25. The van der Waals surface area contributed by atoms with Crippen LogP contribution in [0.1, 0.15) is 66.3 Å². The summed E-state index contributed by atoms with van der Waals surface area (Å²) in [5.41, 5.74) is 2.24. The Balaban J connectivity index is 1.64. The minimum atomic E-state index is -4.72. The van der Waals surface area contributed by atoms with Gasteiger partial charge in [0.05, 0.1) is 35.0 Å². The molecule has 3 heterocycles. The summed E-state index contributed by atoms with van der Waals surface area (Å²) in [6.07, 6.45) is -4.72. The summed E-state index contributed by atoms with van der Waals surface area (Å²) >= 11 is 6.19. The average Bonchev–Trinajstić information content (AvgIpc) is 3.26. The number of hydrogen-bond acceptors (Lipinski definition) is 6. The molecule has 208 valence electrons. The maximum atomic E-state index is 14.0. The van der Waals surface area contributed by atoms with Crippen LogP contribution in [0.4, 0.5) is 18.9 Å². The van der Waals surface area contributed by atoms with Gasteiger partial charge in [-0.25, -0.2) is 4.98 Å². The number of aromatic nitrogens is 1. The van der Waals surface area contributed by atoms with Gasteiger partial charge in [-0.2, -0.15) is 13.2 Å². The van der Waals surface area contributed by atoms with Crippen LogP contribution in [0.25, 0.3) is 22.2 Å². The highest BCUT2D eigenvalue weighted by Crippen LogP contribution is 2.38. The summed E-state index contributed by atoms with van der Waals surface area (Å²) in [6, 6.07) is 8.93. The van der Waals surface area contributed by atoms with Crippen LogP contribution in [-0.4, -0.2) is 17.1 Å². The van der Waals surface area contributed by atoms with E-state index in [2.05, 4.69) is 10.3 Å². The number of alkyl halides is 3. The smallest absolute Gasteiger partial charge is 0.460 e. The van der Waals surface area contributed by atoms with Crippen molar-refractivity contribution in [1.82, 2.24) is 4.98 Å². The van der Waals surface area contributed by atoms with Crippen molar-refractivity contribution in [2.75, 3.05) is 5.32 Å². The van der Waals surface area contributed by atoms with E-state index in [0.717, 1.165) is 17.2 Å². The molecule has 0 amide bonds. The largest absolute Gasteiger partial charge is 0.492 e. The molecular weight excluding hydrogens is 544 g/mol. The molecule has 0 saturated carbocycles. The molecule has 1 unspecified atom stereocenters. The summed E-state index contributed by atoms with van der Waals surface area (Å²) < 4.78 is 53.4. The molecule has 2 aromatic heterocycles. The first-order valence-corrected chi connectivity index (χ1v) is 13.2. The number of fused-ring (bicyclic) bond motifs is 2. The van der Waals surface area contributed by atoms with Crippen LogP contribution in [0.5, 0.6) is 0 Å². The lowest BCUT2D eigenvalue weighted by Crippen LogP contribution is -2.34. The van der Waals surface area contributed by atoms with Crippen molar-refractivity contribution < 1.29 is 27.3 Å². The normalized spacial score (nSPS) is 14.2. The maximum Gasteiger partial charge on any atom is 0.492 e. The molecule has 4 aromatic rings. The van der Waals surface area contributed by atoms with Crippen molar-refractivity contribution in [2.45, 2.75) is 59.4 Å². The molecule has 1 aliphatic heterocycles. The van der Waals surface area contributed by atoms with Gasteiger partial charge in [0, 0.05) is 22.6 Å². The Bertz CT molecular complexity index is 1700. The second-order valence-electron chi connectivity index (χ2n) is 10.5. The molecule has 11 heteroatoms. The number of halogens is 4. The van der Waals surface area contributed by atoms with Gasteiger partial charge in [0.1, 0.15) is 16.5 Å². The van der Waals surface area contributed by atoms with E-state index in [4.69, 9.17) is 20.7 Å². The summed E-state index contributed by atoms with van der Waals surface area (Å²) in [7, 11) is -1.66. The Morgan fingerprint density at radius 1 is 1.12 bits per heavy atom. The maximum absolute atomic E-state index is 14.0. The first-order chi connectivity index (χ1) is 18.8. The molecule has 0 radical (unpaired) electrons. The van der Waals surface area contributed by atoms with Gasteiger partial charge in [0.15, 0.2) is 5.43 Å². The van der Waals surface area contributed by atoms with Gasteiger partial charge in [0.2, 0.25) is 0 Å². The number of nitrogens with zero attached hydrogens (tertiary/aromatic N) is 1. The molecule has 2 N–H and O–H groups in total. The Hall–Kier alpha value is -3.34. The minimum absolute atomic E-state index is 0.00767. The summed E-state index contributed by atoms with van der Waals surface area (Å²) in [4.78, 5) is 17.6. The van der Waals surface area contributed by atoms with Crippen LogP contribution in [0.2, 0.25) is 5.15 Å². The van der Waals surface area contributed by atoms with Crippen LogP contribution in [0, 0.1) is 13.8 Å². The second-order valence-corrected chi connectivity index (χ2v) is 10.8. The molecule has 1 aliphatic rings. The molecule has 5 rings (SSSR count). The number of benzene rings is 2. The van der Waals surface area contributed by atoms with Gasteiger partial charge in [0.25, 0.3) is 0 Å². The third-order valence-electron chi connectivity index (χ3n) is 7.14. The lowest BCUT2D eigenvalue weighted by molar-refractivity contribution is -0.136. The molecule has 0 fully saturated rings. The third kappa shape index (κ3) is 5.00. The number of hydrogen-bond donors (Lipinski definition) is 2. The molecular formula is C29H27BClF3N2O4. The third-order valence-corrected chi connectivity index (χ3v) is 7.35. The van der Waals surface area contributed by atoms with Crippen LogP contribution < -0.4 is 16.2 Å². The van der Waals surface area contributed by atoms with Gasteiger partial charge in [-0.05, 0) is 67.7 Å². The molecule has 40 heavy (non-hydrogen) atoms. The van der Waals surface area contributed by atoms with E-state index in [1.807, 2.05) is 33.8 Å². The SMILES string of the molecule is Cc1cc(C(C)Nc2ccc(Cl)nc2-c2cc3c(c(C(F)(F)F)c2)B(O)OC3)c2oc(C(C)C)c(C)c(=O)c2c1. The van der Waals surface area contributed by atoms with Crippen molar-refractivity contribution in [2.24, 2.45) is 0 Å². The molecule has 0 saturated heterocycles. The van der Waals surface area contributed by atoms with E-state index in [-0.39, 0.29) is 45.4 Å². The average molecular weight is 571 g/mol. The number of nitrogens with one attached hydrogen (secondary N) is 1. The van der Waals surface area contributed by atoms with E-state index in [1.54, 1.807) is 25.1 Å². The van der Waals surface area contributed by atoms with Crippen LogP contribution in [-0.2, 0) is 17.4 Å². The number of anilines is 1. The Kier molecular flexibility index (Phi) is 7.23. The van der Waals surface area contributed by atoms with Crippen molar-refractivity contribution in [3.8, 4) is 11.3 Å². The zero-order chi connectivity index (χ0) is 29.1. The summed E-state index contributed by atoms with van der Waals surface area (Å²) in [5.74, 6) is 0.595. The molecule has 0 bridgehead atoms. The minimum Gasteiger partial charge on any atom is -0.460 e. The van der Waals surface area contributed by atoms with Gasteiger partial charge >= 0.3 is 13.3 Å². The van der Waals surface area contributed by atoms with Crippen LogP contribution in [0.3, 0.4) is 0 Å². The molecule has 2 aromatic carbocycles. The quantitative estimate of drug-likeness (QED) is 0.206. The Morgan fingerprint density at radius 2 is 1.85 bits per heavy atom. The highest BCUT2D eigenvalue weighted by molar-refractivity contribution is 6.62. The molecule has 0 aliphatic carbocycles. The Morgan fingerprint density at radius 3 is 2.52 bits per heavy atom.